The molecule has 0 aliphatic rings. The van der Waals surface area contributed by atoms with E-state index in [2.05, 4.69) is 5.32 Å². The van der Waals surface area contributed by atoms with Crippen molar-refractivity contribution in [3.63, 3.8) is 0 Å². The van der Waals surface area contributed by atoms with Crippen LogP contribution in [0.4, 0.5) is 0 Å². The van der Waals surface area contributed by atoms with Gasteiger partial charge in [-0.1, -0.05) is 60.7 Å². The van der Waals surface area contributed by atoms with Crippen LogP contribution in [0, 0.1) is 0 Å². The van der Waals surface area contributed by atoms with Gasteiger partial charge in [0.1, 0.15) is 6.04 Å². The van der Waals surface area contributed by atoms with Crippen LogP contribution in [-0.2, 0) is 11.3 Å². The molecule has 2 N–H and O–H groups in total. The normalized spacial score (nSPS) is 11.8. The quantitative estimate of drug-likeness (QED) is 0.708. The summed E-state index contributed by atoms with van der Waals surface area (Å²) in [6.07, 6.45) is 0. The predicted octanol–water partition coefficient (Wildman–Crippen LogP) is 2.59. The van der Waals surface area contributed by atoms with E-state index in [4.69, 9.17) is 0 Å². The molecule has 0 aromatic heterocycles. The molecule has 2 amide bonds. The summed E-state index contributed by atoms with van der Waals surface area (Å²) in [6.45, 7) is -0.0562. The van der Waals surface area contributed by atoms with Crippen molar-refractivity contribution >= 4 is 22.6 Å². The number of benzene rings is 3. The minimum atomic E-state index is -0.988. The van der Waals surface area contributed by atoms with Gasteiger partial charge in [0.25, 0.3) is 5.91 Å². The first kappa shape index (κ1) is 18.6. The highest BCUT2D eigenvalue weighted by molar-refractivity contribution is 6.00. The van der Waals surface area contributed by atoms with Gasteiger partial charge in [0.05, 0.1) is 6.61 Å². The van der Waals surface area contributed by atoms with Crippen molar-refractivity contribution in [2.75, 3.05) is 13.7 Å². The number of aliphatic hydroxyl groups is 1. The molecule has 5 nitrogen and oxygen atoms in total. The Balaban J connectivity index is 1.69. The third-order valence-corrected chi connectivity index (χ3v) is 4.44. The molecule has 0 fully saturated rings. The van der Waals surface area contributed by atoms with Crippen molar-refractivity contribution in [2.24, 2.45) is 0 Å². The van der Waals surface area contributed by atoms with Gasteiger partial charge in [0.15, 0.2) is 0 Å². The number of hydrogen-bond donors (Lipinski definition) is 2. The van der Waals surface area contributed by atoms with Crippen LogP contribution in [0.1, 0.15) is 15.9 Å². The summed E-state index contributed by atoms with van der Waals surface area (Å²) >= 11 is 0. The molecule has 1 unspecified atom stereocenters. The van der Waals surface area contributed by atoms with Crippen LogP contribution in [-0.4, -0.2) is 41.5 Å². The van der Waals surface area contributed by atoms with E-state index in [9.17, 15) is 14.7 Å². The Morgan fingerprint density at radius 1 is 0.963 bits per heavy atom. The smallest absolute Gasteiger partial charge is 0.252 e. The Hall–Kier alpha value is -3.18. The first-order valence-corrected chi connectivity index (χ1v) is 8.78. The predicted molar refractivity (Wildman–Crippen MR) is 105 cm³/mol. The maximum Gasteiger partial charge on any atom is 0.252 e. The molecule has 5 heteroatoms. The fourth-order valence-electron chi connectivity index (χ4n) is 2.96. The van der Waals surface area contributed by atoms with Crippen LogP contribution in [0.2, 0.25) is 0 Å². The van der Waals surface area contributed by atoms with Gasteiger partial charge in [0, 0.05) is 19.2 Å². The molecule has 0 spiro atoms. The van der Waals surface area contributed by atoms with E-state index < -0.39 is 12.6 Å². The number of hydrogen-bond acceptors (Lipinski definition) is 3. The van der Waals surface area contributed by atoms with Crippen molar-refractivity contribution < 1.29 is 14.7 Å². The zero-order valence-electron chi connectivity index (χ0n) is 15.1. The summed E-state index contributed by atoms with van der Waals surface area (Å²) < 4.78 is 0. The molecule has 0 bridgehead atoms. The average Bonchev–Trinajstić information content (AvgIpc) is 2.71. The van der Waals surface area contributed by atoms with Gasteiger partial charge in [-0.05, 0) is 28.5 Å². The zero-order chi connectivity index (χ0) is 19.2. The first-order valence-electron chi connectivity index (χ1n) is 8.78. The zero-order valence-corrected chi connectivity index (χ0v) is 15.1. The lowest BCUT2D eigenvalue weighted by Crippen LogP contribution is -2.49. The minimum Gasteiger partial charge on any atom is -0.394 e. The lowest BCUT2D eigenvalue weighted by molar-refractivity contribution is -0.133. The van der Waals surface area contributed by atoms with E-state index in [1.807, 2.05) is 60.7 Å². The van der Waals surface area contributed by atoms with Crippen molar-refractivity contribution in [3.05, 3.63) is 83.9 Å². The summed E-state index contributed by atoms with van der Waals surface area (Å²) in [7, 11) is 1.65. The molecule has 3 rings (SSSR count). The highest BCUT2D eigenvalue weighted by Gasteiger charge is 2.24. The number of rotatable bonds is 6. The summed E-state index contributed by atoms with van der Waals surface area (Å²) in [6, 6.07) is 21.7. The van der Waals surface area contributed by atoms with E-state index in [-0.39, 0.29) is 11.8 Å². The van der Waals surface area contributed by atoms with Gasteiger partial charge in [-0.25, -0.2) is 0 Å². The van der Waals surface area contributed by atoms with Crippen LogP contribution < -0.4 is 5.32 Å². The van der Waals surface area contributed by atoms with E-state index >= 15 is 0 Å². The molecule has 0 aliphatic carbocycles. The second-order valence-electron chi connectivity index (χ2n) is 6.45. The number of nitrogens with one attached hydrogen (secondary N) is 1. The Labute approximate surface area is 158 Å². The molecule has 138 valence electrons. The topological polar surface area (TPSA) is 69.6 Å². The molecule has 0 heterocycles. The second kappa shape index (κ2) is 8.47. The van der Waals surface area contributed by atoms with Crippen LogP contribution in [0.25, 0.3) is 10.8 Å². The third-order valence-electron chi connectivity index (χ3n) is 4.44. The fourth-order valence-corrected chi connectivity index (χ4v) is 2.96. The summed E-state index contributed by atoms with van der Waals surface area (Å²) in [4.78, 5) is 26.7. The van der Waals surface area contributed by atoms with Crippen molar-refractivity contribution in [3.8, 4) is 0 Å². The Morgan fingerprint density at radius 2 is 1.63 bits per heavy atom. The van der Waals surface area contributed by atoms with Crippen LogP contribution in [0.5, 0.6) is 0 Å². The molecule has 0 aliphatic heterocycles. The highest BCUT2D eigenvalue weighted by Crippen LogP contribution is 2.15. The van der Waals surface area contributed by atoms with Crippen LogP contribution in [0.3, 0.4) is 0 Å². The van der Waals surface area contributed by atoms with E-state index in [1.165, 1.54) is 4.90 Å². The standard InChI is InChI=1S/C22H22N2O3/c1-24(14-16-7-3-2-4-8-16)22(27)20(15-25)23-21(26)19-12-11-17-9-5-6-10-18(17)13-19/h2-13,20,25H,14-15H2,1H3,(H,23,26). The largest absolute Gasteiger partial charge is 0.394 e. The highest BCUT2D eigenvalue weighted by atomic mass is 16.3. The monoisotopic (exact) mass is 362 g/mol. The molecule has 0 saturated heterocycles. The molecular formula is C22H22N2O3. The van der Waals surface area contributed by atoms with Gasteiger partial charge in [-0.3, -0.25) is 9.59 Å². The molecule has 0 radical (unpaired) electrons. The number of fused-ring (bicyclic) bond motifs is 1. The molecular weight excluding hydrogens is 340 g/mol. The molecule has 1 atom stereocenters. The lowest BCUT2D eigenvalue weighted by Gasteiger charge is -2.23. The molecule has 3 aromatic rings. The molecule has 3 aromatic carbocycles. The van der Waals surface area contributed by atoms with E-state index in [0.29, 0.717) is 12.1 Å². The first-order chi connectivity index (χ1) is 13.1. The van der Waals surface area contributed by atoms with Gasteiger partial charge >= 0.3 is 0 Å². The average molecular weight is 362 g/mol. The summed E-state index contributed by atoms with van der Waals surface area (Å²) in [5.41, 5.74) is 1.43. The van der Waals surface area contributed by atoms with E-state index in [0.717, 1.165) is 16.3 Å². The summed E-state index contributed by atoms with van der Waals surface area (Å²) in [5.74, 6) is -0.725. The number of amides is 2. The SMILES string of the molecule is CN(Cc1ccccc1)C(=O)C(CO)NC(=O)c1ccc2ccccc2c1. The van der Waals surface area contributed by atoms with Crippen LogP contribution in [0.15, 0.2) is 72.8 Å². The third kappa shape index (κ3) is 4.51. The Kier molecular flexibility index (Phi) is 5.84. The Morgan fingerprint density at radius 3 is 2.33 bits per heavy atom. The maximum absolute atomic E-state index is 12.6. The minimum absolute atomic E-state index is 0.338. The number of nitrogens with zero attached hydrogens (tertiary/aromatic N) is 1. The van der Waals surface area contributed by atoms with Crippen molar-refractivity contribution in [1.82, 2.24) is 10.2 Å². The van der Waals surface area contributed by atoms with Crippen molar-refractivity contribution in [1.29, 1.82) is 0 Å². The van der Waals surface area contributed by atoms with Crippen molar-refractivity contribution in [2.45, 2.75) is 12.6 Å². The summed E-state index contributed by atoms with van der Waals surface area (Å²) in [5, 5.41) is 14.2. The number of carbonyl (C=O) groups is 2. The maximum atomic E-state index is 12.6. The fraction of sp³-hybridized carbons (Fsp3) is 0.182. The number of likely N-dealkylation sites (N-methyl/N-ethyl adjacent to an activating group) is 1. The molecule has 27 heavy (non-hydrogen) atoms. The second-order valence-corrected chi connectivity index (χ2v) is 6.45. The van der Waals surface area contributed by atoms with Gasteiger partial charge in [0.2, 0.25) is 5.91 Å². The number of aliphatic hydroxyl groups excluding tert-OH is 1. The van der Waals surface area contributed by atoms with E-state index in [1.54, 1.807) is 19.2 Å². The number of carbonyl (C=O) groups excluding carboxylic acids is 2. The van der Waals surface area contributed by atoms with Crippen LogP contribution >= 0.6 is 0 Å². The van der Waals surface area contributed by atoms with Gasteiger partial charge in [-0.15, -0.1) is 0 Å². The molecule has 0 saturated carbocycles. The lowest BCUT2D eigenvalue weighted by atomic mass is 10.1. The Bertz CT molecular complexity index is 940. The van der Waals surface area contributed by atoms with Gasteiger partial charge in [-0.2, -0.15) is 0 Å². The van der Waals surface area contributed by atoms with Gasteiger partial charge < -0.3 is 15.3 Å².